The van der Waals surface area contributed by atoms with Crippen molar-refractivity contribution in [3.63, 3.8) is 0 Å². The Hall–Kier alpha value is -2.37. The summed E-state index contributed by atoms with van der Waals surface area (Å²) in [6.07, 6.45) is 0. The minimum Gasteiger partial charge on any atom is -0.493 e. The molecule has 0 atom stereocenters. The molecular weight excluding hydrogens is 502 g/mol. The molecule has 0 radical (unpaired) electrons. The zero-order chi connectivity index (χ0) is 20.5. The van der Waals surface area contributed by atoms with Crippen LogP contribution in [0.5, 0.6) is 17.2 Å². The van der Waals surface area contributed by atoms with E-state index in [0.717, 1.165) is 5.56 Å². The molecule has 0 aliphatic rings. The average molecular weight is 525 g/mol. The van der Waals surface area contributed by atoms with Gasteiger partial charge in [0.25, 0.3) is 0 Å². The molecule has 0 bridgehead atoms. The number of rotatable bonds is 8. The van der Waals surface area contributed by atoms with Gasteiger partial charge in [-0.25, -0.2) is 4.39 Å². The van der Waals surface area contributed by atoms with E-state index in [0.29, 0.717) is 24.0 Å². The summed E-state index contributed by atoms with van der Waals surface area (Å²) in [6.45, 7) is -2.72. The molecule has 0 unspecified atom stereocenters. The van der Waals surface area contributed by atoms with Crippen LogP contribution in [-0.4, -0.2) is 33.8 Å². The van der Waals surface area contributed by atoms with Crippen molar-refractivity contribution in [1.29, 1.82) is 0 Å². The largest absolute Gasteiger partial charge is 0.493 e. The first-order valence-corrected chi connectivity index (χ1v) is 8.36. The molecule has 10 heteroatoms. The highest BCUT2D eigenvalue weighted by Gasteiger charge is 2.14. The first-order valence-electron chi connectivity index (χ1n) is 8.36. The number of hydrogen-bond acceptors (Lipinski definition) is 4. The molecule has 160 valence electrons. The number of nitrogens with zero attached hydrogens (tertiary/aromatic N) is 1. The van der Waals surface area contributed by atoms with Crippen molar-refractivity contribution in [2.45, 2.75) is 19.7 Å². The summed E-state index contributed by atoms with van der Waals surface area (Å²) in [4.78, 5) is 4.04. The summed E-state index contributed by atoms with van der Waals surface area (Å²) in [5, 5.41) is 5.94. The highest BCUT2D eigenvalue weighted by atomic mass is 127. The molecule has 0 heterocycles. The maximum atomic E-state index is 14.0. The van der Waals surface area contributed by atoms with Gasteiger partial charge < -0.3 is 24.8 Å². The fourth-order valence-electron chi connectivity index (χ4n) is 2.49. The van der Waals surface area contributed by atoms with Gasteiger partial charge >= 0.3 is 6.61 Å². The van der Waals surface area contributed by atoms with Crippen LogP contribution in [-0.2, 0) is 13.1 Å². The van der Waals surface area contributed by atoms with Gasteiger partial charge in [-0.15, -0.1) is 24.0 Å². The second-order valence-corrected chi connectivity index (χ2v) is 5.56. The topological polar surface area (TPSA) is 64.1 Å². The number of guanidine groups is 1. The lowest BCUT2D eigenvalue weighted by Gasteiger charge is -2.15. The molecule has 2 rings (SSSR count). The zero-order valence-corrected chi connectivity index (χ0v) is 18.5. The lowest BCUT2D eigenvalue weighted by molar-refractivity contribution is -0.0506. The van der Waals surface area contributed by atoms with Crippen LogP contribution in [0.25, 0.3) is 0 Å². The fourth-order valence-corrected chi connectivity index (χ4v) is 2.49. The van der Waals surface area contributed by atoms with E-state index in [1.54, 1.807) is 27.3 Å². The van der Waals surface area contributed by atoms with Crippen LogP contribution in [0.3, 0.4) is 0 Å². The van der Waals surface area contributed by atoms with Crippen LogP contribution in [0, 0.1) is 5.82 Å². The maximum absolute atomic E-state index is 14.0. The molecule has 0 saturated carbocycles. The van der Waals surface area contributed by atoms with Crippen molar-refractivity contribution in [2.24, 2.45) is 4.99 Å². The molecule has 6 nitrogen and oxygen atoms in total. The molecule has 0 aliphatic heterocycles. The monoisotopic (exact) mass is 525 g/mol. The van der Waals surface area contributed by atoms with Crippen molar-refractivity contribution >= 4 is 29.9 Å². The third-order valence-corrected chi connectivity index (χ3v) is 3.86. The smallest absolute Gasteiger partial charge is 0.387 e. The second kappa shape index (κ2) is 12.2. The van der Waals surface area contributed by atoms with Crippen LogP contribution in [0.15, 0.2) is 41.4 Å². The Balaban J connectivity index is 0.00000420. The van der Waals surface area contributed by atoms with Gasteiger partial charge in [-0.3, -0.25) is 4.99 Å². The van der Waals surface area contributed by atoms with Crippen LogP contribution in [0.2, 0.25) is 0 Å². The summed E-state index contributed by atoms with van der Waals surface area (Å²) in [7, 11) is 4.64. The Morgan fingerprint density at radius 3 is 2.31 bits per heavy atom. The second-order valence-electron chi connectivity index (χ2n) is 5.56. The summed E-state index contributed by atoms with van der Waals surface area (Å²) >= 11 is 0. The Labute approximate surface area is 184 Å². The number of methoxy groups -OCH3 is 2. The van der Waals surface area contributed by atoms with Gasteiger partial charge in [0.15, 0.2) is 17.5 Å². The standard InChI is InChI=1S/C19H22F3N3O3.HI/c1-23-19(24-10-12-7-8-16(26-2)17(9-12)27-3)25-11-13-14(20)5-4-6-15(13)28-18(21)22;/h4-9,18H,10-11H2,1-3H3,(H2,23,24,25);1H. The van der Waals surface area contributed by atoms with Crippen LogP contribution in [0.1, 0.15) is 11.1 Å². The van der Waals surface area contributed by atoms with Crippen molar-refractivity contribution < 1.29 is 27.4 Å². The van der Waals surface area contributed by atoms with E-state index in [-0.39, 0.29) is 41.8 Å². The minimum atomic E-state index is -3.04. The lowest BCUT2D eigenvalue weighted by atomic mass is 10.2. The molecule has 0 aromatic heterocycles. The van der Waals surface area contributed by atoms with E-state index >= 15 is 0 Å². The predicted molar refractivity (Wildman–Crippen MR) is 115 cm³/mol. The van der Waals surface area contributed by atoms with Gasteiger partial charge in [-0.2, -0.15) is 8.78 Å². The summed E-state index contributed by atoms with van der Waals surface area (Å²) in [5.74, 6) is 0.685. The number of hydrogen-bond donors (Lipinski definition) is 2. The van der Waals surface area contributed by atoms with Crippen molar-refractivity contribution in [2.75, 3.05) is 21.3 Å². The van der Waals surface area contributed by atoms with Crippen molar-refractivity contribution in [3.8, 4) is 17.2 Å². The number of benzene rings is 2. The summed E-state index contributed by atoms with van der Waals surface area (Å²) in [6, 6.07) is 9.21. The van der Waals surface area contributed by atoms with E-state index in [1.807, 2.05) is 12.1 Å². The molecule has 29 heavy (non-hydrogen) atoms. The lowest BCUT2D eigenvalue weighted by Crippen LogP contribution is -2.36. The number of ether oxygens (including phenoxy) is 3. The third-order valence-electron chi connectivity index (χ3n) is 3.86. The number of halogens is 4. The Morgan fingerprint density at radius 1 is 1.00 bits per heavy atom. The molecule has 0 aliphatic carbocycles. The molecule has 0 saturated heterocycles. The van der Waals surface area contributed by atoms with Crippen molar-refractivity contribution in [1.82, 2.24) is 10.6 Å². The van der Waals surface area contributed by atoms with Crippen LogP contribution >= 0.6 is 24.0 Å². The molecule has 0 spiro atoms. The SMILES string of the molecule is CN=C(NCc1ccc(OC)c(OC)c1)NCc1c(F)cccc1OC(F)F.I. The minimum absolute atomic E-state index is 0. The zero-order valence-electron chi connectivity index (χ0n) is 16.2. The van der Waals surface area contributed by atoms with Gasteiger partial charge in [0.2, 0.25) is 0 Å². The summed E-state index contributed by atoms with van der Waals surface area (Å²) < 4.78 is 53.8. The first-order chi connectivity index (χ1) is 13.5. The van der Waals surface area contributed by atoms with Crippen LogP contribution in [0.4, 0.5) is 13.2 Å². The fraction of sp³-hybridized carbons (Fsp3) is 0.316. The van der Waals surface area contributed by atoms with E-state index in [4.69, 9.17) is 9.47 Å². The van der Waals surface area contributed by atoms with Gasteiger partial charge in [-0.1, -0.05) is 12.1 Å². The Bertz CT molecular complexity index is 823. The molecule has 2 N–H and O–H groups in total. The van der Waals surface area contributed by atoms with Gasteiger partial charge in [-0.05, 0) is 29.8 Å². The number of nitrogens with one attached hydrogen (secondary N) is 2. The van der Waals surface area contributed by atoms with Crippen LogP contribution < -0.4 is 24.8 Å². The highest BCUT2D eigenvalue weighted by Crippen LogP contribution is 2.27. The number of aliphatic imine (C=N–C) groups is 1. The summed E-state index contributed by atoms with van der Waals surface area (Å²) in [5.41, 5.74) is 0.880. The maximum Gasteiger partial charge on any atom is 0.387 e. The third kappa shape index (κ3) is 7.18. The molecular formula is C19H23F3IN3O3. The predicted octanol–water partition coefficient (Wildman–Crippen LogP) is 3.93. The van der Waals surface area contributed by atoms with Gasteiger partial charge in [0, 0.05) is 25.7 Å². The molecule has 0 fully saturated rings. The van der Waals surface area contributed by atoms with E-state index in [9.17, 15) is 13.2 Å². The molecule has 2 aromatic carbocycles. The average Bonchev–Trinajstić information content (AvgIpc) is 2.69. The highest BCUT2D eigenvalue weighted by molar-refractivity contribution is 14.0. The number of alkyl halides is 2. The quantitative estimate of drug-likeness (QED) is 0.311. The van der Waals surface area contributed by atoms with E-state index in [2.05, 4.69) is 20.4 Å². The molecule has 2 aromatic rings. The van der Waals surface area contributed by atoms with E-state index in [1.165, 1.54) is 18.2 Å². The van der Waals surface area contributed by atoms with Crippen molar-refractivity contribution in [3.05, 3.63) is 53.3 Å². The normalized spacial score (nSPS) is 10.9. The first kappa shape index (κ1) is 24.7. The Morgan fingerprint density at radius 2 is 1.69 bits per heavy atom. The van der Waals surface area contributed by atoms with Gasteiger partial charge in [0.1, 0.15) is 11.6 Å². The van der Waals surface area contributed by atoms with E-state index < -0.39 is 12.4 Å². The van der Waals surface area contributed by atoms with Gasteiger partial charge in [0.05, 0.1) is 14.2 Å². The molecule has 0 amide bonds. The Kier molecular flexibility index (Phi) is 10.4.